The summed E-state index contributed by atoms with van der Waals surface area (Å²) in [5.74, 6) is 3.30. The molecule has 0 aromatic heterocycles. The first-order valence-electron chi connectivity index (χ1n) is 6.78. The molecule has 1 N–H and O–H groups in total. The Bertz CT molecular complexity index is 433. The molecule has 3 rings (SSSR count). The maximum absolute atomic E-state index is 9.03. The van der Waals surface area contributed by atoms with Gasteiger partial charge in [0, 0.05) is 0 Å². The number of rotatable bonds is 4. The van der Waals surface area contributed by atoms with Gasteiger partial charge in [0.15, 0.2) is 0 Å². The minimum absolute atomic E-state index is 0.0202. The van der Waals surface area contributed by atoms with E-state index in [0.29, 0.717) is 5.02 Å². The molecule has 2 aliphatic rings. The van der Waals surface area contributed by atoms with Gasteiger partial charge in [-0.05, 0) is 54.7 Å². The Hall–Kier alpha value is -0.730. The lowest BCUT2D eigenvalue weighted by Crippen LogP contribution is -2.18. The standard InChI is InChI=1S/C15H19ClO2/c16-14-7-11(8-17)2-4-15(14)18-9-13-6-10-1-3-12(13)5-10/h2,4,7,10,12-13,17H,1,3,5-6,8-9H2. The molecule has 0 amide bonds. The molecule has 98 valence electrons. The Balaban J connectivity index is 1.60. The first-order chi connectivity index (χ1) is 8.76. The maximum atomic E-state index is 9.03. The first-order valence-corrected chi connectivity index (χ1v) is 7.16. The summed E-state index contributed by atoms with van der Waals surface area (Å²) >= 11 is 6.14. The third-order valence-corrected chi connectivity index (χ3v) is 4.81. The van der Waals surface area contributed by atoms with Crippen LogP contribution < -0.4 is 4.74 Å². The van der Waals surface area contributed by atoms with E-state index in [2.05, 4.69) is 0 Å². The monoisotopic (exact) mass is 266 g/mol. The average Bonchev–Trinajstić information content (AvgIpc) is 2.99. The van der Waals surface area contributed by atoms with Crippen molar-refractivity contribution < 1.29 is 9.84 Å². The topological polar surface area (TPSA) is 29.5 Å². The summed E-state index contributed by atoms with van der Waals surface area (Å²) in [5.41, 5.74) is 0.826. The summed E-state index contributed by atoms with van der Waals surface area (Å²) in [7, 11) is 0. The summed E-state index contributed by atoms with van der Waals surface area (Å²) < 4.78 is 5.86. The van der Waals surface area contributed by atoms with Crippen LogP contribution in [0.15, 0.2) is 18.2 Å². The molecule has 2 fully saturated rings. The third kappa shape index (κ3) is 2.36. The maximum Gasteiger partial charge on any atom is 0.137 e. The Morgan fingerprint density at radius 2 is 2.17 bits per heavy atom. The van der Waals surface area contributed by atoms with Crippen molar-refractivity contribution in [2.45, 2.75) is 32.3 Å². The fourth-order valence-corrected chi connectivity index (χ4v) is 3.79. The lowest BCUT2D eigenvalue weighted by atomic mass is 9.89. The molecule has 1 aromatic rings. The fourth-order valence-electron chi connectivity index (χ4n) is 3.54. The average molecular weight is 267 g/mol. The van der Waals surface area contributed by atoms with Gasteiger partial charge in [-0.2, -0.15) is 0 Å². The largest absolute Gasteiger partial charge is 0.492 e. The van der Waals surface area contributed by atoms with Gasteiger partial charge >= 0.3 is 0 Å². The lowest BCUT2D eigenvalue weighted by molar-refractivity contribution is 0.195. The van der Waals surface area contributed by atoms with E-state index in [1.807, 2.05) is 12.1 Å². The van der Waals surface area contributed by atoms with Gasteiger partial charge < -0.3 is 9.84 Å². The highest BCUT2D eigenvalue weighted by Gasteiger charge is 2.39. The zero-order valence-electron chi connectivity index (χ0n) is 10.4. The van der Waals surface area contributed by atoms with Crippen LogP contribution >= 0.6 is 11.6 Å². The SMILES string of the molecule is OCc1ccc(OCC2CC3CCC2C3)c(Cl)c1. The lowest BCUT2D eigenvalue weighted by Gasteiger charge is -2.22. The van der Waals surface area contributed by atoms with E-state index >= 15 is 0 Å². The zero-order chi connectivity index (χ0) is 12.5. The minimum atomic E-state index is 0.0202. The van der Waals surface area contributed by atoms with Gasteiger partial charge in [0.1, 0.15) is 5.75 Å². The van der Waals surface area contributed by atoms with Crippen LogP contribution in [0.4, 0.5) is 0 Å². The first kappa shape index (κ1) is 12.3. The van der Waals surface area contributed by atoms with E-state index in [1.165, 1.54) is 25.7 Å². The molecule has 0 aliphatic heterocycles. The highest BCUT2D eigenvalue weighted by atomic mass is 35.5. The minimum Gasteiger partial charge on any atom is -0.492 e. The van der Waals surface area contributed by atoms with Crippen LogP contribution in [0.2, 0.25) is 5.02 Å². The van der Waals surface area contributed by atoms with E-state index < -0.39 is 0 Å². The molecule has 3 heteroatoms. The van der Waals surface area contributed by atoms with E-state index in [9.17, 15) is 0 Å². The number of ether oxygens (including phenoxy) is 1. The molecule has 18 heavy (non-hydrogen) atoms. The van der Waals surface area contributed by atoms with Gasteiger partial charge in [-0.1, -0.05) is 24.1 Å². The van der Waals surface area contributed by atoms with Crippen molar-refractivity contribution in [3.8, 4) is 5.75 Å². The van der Waals surface area contributed by atoms with Crippen LogP contribution in [-0.2, 0) is 6.61 Å². The third-order valence-electron chi connectivity index (χ3n) is 4.52. The Morgan fingerprint density at radius 1 is 1.28 bits per heavy atom. The normalized spacial score (nSPS) is 29.8. The van der Waals surface area contributed by atoms with E-state index in [1.54, 1.807) is 6.07 Å². The van der Waals surface area contributed by atoms with Gasteiger partial charge in [-0.15, -0.1) is 0 Å². The Kier molecular flexibility index (Phi) is 3.49. The molecule has 0 heterocycles. The van der Waals surface area contributed by atoms with E-state index in [-0.39, 0.29) is 6.61 Å². The van der Waals surface area contributed by atoms with Crippen molar-refractivity contribution in [1.29, 1.82) is 0 Å². The second kappa shape index (κ2) is 5.10. The van der Waals surface area contributed by atoms with Crippen molar-refractivity contribution in [2.75, 3.05) is 6.61 Å². The van der Waals surface area contributed by atoms with Gasteiger partial charge in [-0.25, -0.2) is 0 Å². The number of hydrogen-bond donors (Lipinski definition) is 1. The Labute approximate surface area is 113 Å². The predicted octanol–water partition coefficient (Wildman–Crippen LogP) is 3.65. The number of fused-ring (bicyclic) bond motifs is 2. The molecular weight excluding hydrogens is 248 g/mol. The quantitative estimate of drug-likeness (QED) is 0.901. The molecular formula is C15H19ClO2. The zero-order valence-corrected chi connectivity index (χ0v) is 11.2. The molecule has 2 saturated carbocycles. The number of halogens is 1. The van der Waals surface area contributed by atoms with Crippen molar-refractivity contribution in [1.82, 2.24) is 0 Å². The van der Waals surface area contributed by atoms with Crippen LogP contribution in [-0.4, -0.2) is 11.7 Å². The van der Waals surface area contributed by atoms with E-state index in [0.717, 1.165) is 35.7 Å². The summed E-state index contributed by atoms with van der Waals surface area (Å²) in [4.78, 5) is 0. The molecule has 1 aromatic carbocycles. The molecule has 3 unspecified atom stereocenters. The second-order valence-electron chi connectivity index (χ2n) is 5.67. The van der Waals surface area contributed by atoms with Crippen LogP contribution in [0.3, 0.4) is 0 Å². The molecule has 0 radical (unpaired) electrons. The molecule has 0 spiro atoms. The van der Waals surface area contributed by atoms with Gasteiger partial charge in [0.05, 0.1) is 18.2 Å². The molecule has 2 bridgehead atoms. The molecule has 2 aliphatic carbocycles. The van der Waals surface area contributed by atoms with Gasteiger partial charge in [-0.3, -0.25) is 0 Å². The number of benzene rings is 1. The number of aliphatic hydroxyl groups is 1. The highest BCUT2D eigenvalue weighted by Crippen LogP contribution is 2.48. The molecule has 2 nitrogen and oxygen atoms in total. The van der Waals surface area contributed by atoms with Crippen LogP contribution in [0.25, 0.3) is 0 Å². The van der Waals surface area contributed by atoms with Crippen molar-refractivity contribution in [3.05, 3.63) is 28.8 Å². The van der Waals surface area contributed by atoms with Crippen molar-refractivity contribution in [3.63, 3.8) is 0 Å². The van der Waals surface area contributed by atoms with Crippen LogP contribution in [0.5, 0.6) is 5.75 Å². The Morgan fingerprint density at radius 3 is 2.78 bits per heavy atom. The number of aliphatic hydroxyl groups excluding tert-OH is 1. The van der Waals surface area contributed by atoms with Gasteiger partial charge in [0.25, 0.3) is 0 Å². The predicted molar refractivity (Wildman–Crippen MR) is 71.8 cm³/mol. The highest BCUT2D eigenvalue weighted by molar-refractivity contribution is 6.32. The van der Waals surface area contributed by atoms with E-state index in [4.69, 9.17) is 21.4 Å². The summed E-state index contributed by atoms with van der Waals surface area (Å²) in [6.45, 7) is 0.811. The van der Waals surface area contributed by atoms with Crippen LogP contribution in [0, 0.1) is 17.8 Å². The smallest absolute Gasteiger partial charge is 0.137 e. The van der Waals surface area contributed by atoms with Crippen LogP contribution in [0.1, 0.15) is 31.2 Å². The second-order valence-corrected chi connectivity index (χ2v) is 6.08. The summed E-state index contributed by atoms with van der Waals surface area (Å²) in [6, 6.07) is 5.50. The van der Waals surface area contributed by atoms with Crippen molar-refractivity contribution in [2.24, 2.45) is 17.8 Å². The molecule has 3 atom stereocenters. The van der Waals surface area contributed by atoms with Gasteiger partial charge in [0.2, 0.25) is 0 Å². The molecule has 0 saturated heterocycles. The summed E-state index contributed by atoms with van der Waals surface area (Å²) in [6.07, 6.45) is 5.55. The fraction of sp³-hybridized carbons (Fsp3) is 0.600. The summed E-state index contributed by atoms with van der Waals surface area (Å²) in [5, 5.41) is 9.63. The number of hydrogen-bond acceptors (Lipinski definition) is 2. The van der Waals surface area contributed by atoms with Crippen molar-refractivity contribution >= 4 is 11.6 Å².